The molecule has 3 N–H and O–H groups in total. The van der Waals surface area contributed by atoms with Crippen molar-refractivity contribution >= 4 is 5.97 Å². The van der Waals surface area contributed by atoms with E-state index in [1.807, 2.05) is 20.8 Å². The van der Waals surface area contributed by atoms with Crippen LogP contribution in [0.1, 0.15) is 34.6 Å². The molecule has 0 aromatic carbocycles. The molecule has 72 valence electrons. The van der Waals surface area contributed by atoms with Crippen LogP contribution in [0.25, 0.3) is 0 Å². The fourth-order valence-corrected chi connectivity index (χ4v) is 1.22. The van der Waals surface area contributed by atoms with Crippen LogP contribution in [0.3, 0.4) is 0 Å². The van der Waals surface area contributed by atoms with E-state index in [-0.39, 0.29) is 11.5 Å². The van der Waals surface area contributed by atoms with Crippen molar-refractivity contribution in [3.05, 3.63) is 0 Å². The van der Waals surface area contributed by atoms with E-state index in [4.69, 9.17) is 10.8 Å². The van der Waals surface area contributed by atoms with Crippen molar-refractivity contribution in [1.29, 1.82) is 0 Å². The highest BCUT2D eigenvalue weighted by Crippen LogP contribution is 2.31. The molecule has 0 aliphatic heterocycles. The van der Waals surface area contributed by atoms with Crippen LogP contribution in [-0.2, 0) is 4.79 Å². The fraction of sp³-hybridized carbons (Fsp3) is 0.889. The molecule has 0 spiro atoms. The SMILES string of the molecule is CC(C)(C)[C@H](N)C(C)(C)C(=O)O. The van der Waals surface area contributed by atoms with Crippen LogP contribution in [0, 0.1) is 10.8 Å². The van der Waals surface area contributed by atoms with Crippen LogP contribution < -0.4 is 5.73 Å². The third kappa shape index (κ3) is 2.21. The van der Waals surface area contributed by atoms with Gasteiger partial charge in [0.15, 0.2) is 0 Å². The Kier molecular flexibility index (Phi) is 2.91. The second-order valence-electron chi connectivity index (χ2n) is 4.87. The Balaban J connectivity index is 4.69. The van der Waals surface area contributed by atoms with E-state index in [0.717, 1.165) is 0 Å². The molecule has 0 radical (unpaired) electrons. The third-order valence-electron chi connectivity index (χ3n) is 2.26. The summed E-state index contributed by atoms with van der Waals surface area (Å²) in [6, 6.07) is -0.345. The minimum atomic E-state index is -0.863. The van der Waals surface area contributed by atoms with Gasteiger partial charge in [0.05, 0.1) is 5.41 Å². The first-order valence-corrected chi connectivity index (χ1v) is 4.09. The summed E-state index contributed by atoms with van der Waals surface area (Å²) >= 11 is 0. The number of hydrogen-bond acceptors (Lipinski definition) is 2. The molecule has 0 aliphatic carbocycles. The molecule has 12 heavy (non-hydrogen) atoms. The average Bonchev–Trinajstić information content (AvgIpc) is 1.83. The number of carboxylic acid groups (broad SMARTS) is 1. The van der Waals surface area contributed by atoms with Gasteiger partial charge in [0.1, 0.15) is 0 Å². The first-order chi connectivity index (χ1) is 5.10. The van der Waals surface area contributed by atoms with Gasteiger partial charge in [-0.05, 0) is 19.3 Å². The molecule has 0 amide bonds. The van der Waals surface area contributed by atoms with E-state index < -0.39 is 11.4 Å². The molecule has 0 unspecified atom stereocenters. The van der Waals surface area contributed by atoms with E-state index in [1.54, 1.807) is 13.8 Å². The van der Waals surface area contributed by atoms with Crippen LogP contribution in [-0.4, -0.2) is 17.1 Å². The number of rotatable bonds is 2. The number of nitrogens with two attached hydrogens (primary N) is 1. The smallest absolute Gasteiger partial charge is 0.310 e. The second-order valence-corrected chi connectivity index (χ2v) is 4.87. The van der Waals surface area contributed by atoms with Crippen molar-refractivity contribution in [1.82, 2.24) is 0 Å². The molecule has 0 aromatic heterocycles. The number of aliphatic carboxylic acids is 1. The van der Waals surface area contributed by atoms with Gasteiger partial charge in [-0.25, -0.2) is 0 Å². The molecule has 1 atom stereocenters. The van der Waals surface area contributed by atoms with E-state index >= 15 is 0 Å². The molecule has 0 saturated heterocycles. The summed E-state index contributed by atoms with van der Waals surface area (Å²) < 4.78 is 0. The predicted octanol–water partition coefficient (Wildman–Crippen LogP) is 1.47. The van der Waals surface area contributed by atoms with Gasteiger partial charge in [-0.15, -0.1) is 0 Å². The van der Waals surface area contributed by atoms with Gasteiger partial charge >= 0.3 is 5.97 Å². The Morgan fingerprint density at radius 2 is 1.58 bits per heavy atom. The zero-order chi connectivity index (χ0) is 10.2. The molecule has 0 fully saturated rings. The lowest BCUT2D eigenvalue weighted by atomic mass is 9.71. The summed E-state index contributed by atoms with van der Waals surface area (Å²) in [5.74, 6) is -0.843. The molecule has 0 aliphatic rings. The average molecular weight is 173 g/mol. The number of carbonyl (C=O) groups is 1. The highest BCUT2D eigenvalue weighted by molar-refractivity contribution is 5.74. The summed E-state index contributed by atoms with van der Waals surface area (Å²) in [6.45, 7) is 9.16. The highest BCUT2D eigenvalue weighted by Gasteiger charge is 2.40. The molecular formula is C9H19NO2. The summed E-state index contributed by atoms with van der Waals surface area (Å²) in [5, 5.41) is 8.90. The monoisotopic (exact) mass is 173 g/mol. The molecule has 0 aromatic rings. The Morgan fingerprint density at radius 3 is 1.67 bits per heavy atom. The predicted molar refractivity (Wildman–Crippen MR) is 48.8 cm³/mol. The van der Waals surface area contributed by atoms with Crippen LogP contribution in [0.2, 0.25) is 0 Å². The first kappa shape index (κ1) is 11.4. The van der Waals surface area contributed by atoms with Gasteiger partial charge in [-0.2, -0.15) is 0 Å². The summed E-state index contributed by atoms with van der Waals surface area (Å²) in [4.78, 5) is 10.8. The standard InChI is InChI=1S/C9H19NO2/c1-8(2,3)6(10)9(4,5)7(11)12/h6H,10H2,1-5H3,(H,11,12)/t6-/m0/s1. The Hall–Kier alpha value is -0.570. The van der Waals surface area contributed by atoms with Crippen molar-refractivity contribution < 1.29 is 9.90 Å². The van der Waals surface area contributed by atoms with E-state index in [0.29, 0.717) is 0 Å². The van der Waals surface area contributed by atoms with Gasteiger partial charge < -0.3 is 10.8 Å². The summed E-state index contributed by atoms with van der Waals surface area (Å²) in [5.41, 5.74) is 4.81. The van der Waals surface area contributed by atoms with Gasteiger partial charge in [0.25, 0.3) is 0 Å². The lowest BCUT2D eigenvalue weighted by molar-refractivity contribution is -0.149. The number of hydrogen-bond donors (Lipinski definition) is 2. The molecule has 0 bridgehead atoms. The molecule has 0 heterocycles. The van der Waals surface area contributed by atoms with Crippen molar-refractivity contribution in [2.45, 2.75) is 40.7 Å². The largest absolute Gasteiger partial charge is 0.481 e. The van der Waals surface area contributed by atoms with Crippen LogP contribution in [0.4, 0.5) is 0 Å². The third-order valence-corrected chi connectivity index (χ3v) is 2.26. The number of carboxylic acids is 1. The lowest BCUT2D eigenvalue weighted by Crippen LogP contribution is -2.50. The van der Waals surface area contributed by atoms with Crippen LogP contribution in [0.15, 0.2) is 0 Å². The Bertz CT molecular complexity index is 179. The zero-order valence-corrected chi connectivity index (χ0v) is 8.51. The maximum atomic E-state index is 10.8. The Morgan fingerprint density at radius 1 is 1.25 bits per heavy atom. The minimum Gasteiger partial charge on any atom is -0.481 e. The fourth-order valence-electron chi connectivity index (χ4n) is 1.22. The van der Waals surface area contributed by atoms with Crippen LogP contribution in [0.5, 0.6) is 0 Å². The lowest BCUT2D eigenvalue weighted by Gasteiger charge is -2.37. The topological polar surface area (TPSA) is 63.3 Å². The van der Waals surface area contributed by atoms with Crippen molar-refractivity contribution in [2.75, 3.05) is 0 Å². The van der Waals surface area contributed by atoms with E-state index in [1.165, 1.54) is 0 Å². The molecule has 3 heteroatoms. The van der Waals surface area contributed by atoms with Crippen LogP contribution >= 0.6 is 0 Å². The zero-order valence-electron chi connectivity index (χ0n) is 8.51. The van der Waals surface area contributed by atoms with E-state index in [2.05, 4.69) is 0 Å². The molecule has 0 rings (SSSR count). The van der Waals surface area contributed by atoms with Gasteiger partial charge in [-0.3, -0.25) is 4.79 Å². The molecular weight excluding hydrogens is 154 g/mol. The first-order valence-electron chi connectivity index (χ1n) is 4.09. The summed E-state index contributed by atoms with van der Waals surface area (Å²) in [7, 11) is 0. The van der Waals surface area contributed by atoms with Crippen molar-refractivity contribution in [2.24, 2.45) is 16.6 Å². The summed E-state index contributed by atoms with van der Waals surface area (Å²) in [6.07, 6.45) is 0. The maximum Gasteiger partial charge on any atom is 0.310 e. The van der Waals surface area contributed by atoms with Crippen molar-refractivity contribution in [3.8, 4) is 0 Å². The van der Waals surface area contributed by atoms with E-state index in [9.17, 15) is 4.79 Å². The minimum absolute atomic E-state index is 0.179. The quantitative estimate of drug-likeness (QED) is 0.664. The highest BCUT2D eigenvalue weighted by atomic mass is 16.4. The normalized spacial score (nSPS) is 15.8. The van der Waals surface area contributed by atoms with Crippen molar-refractivity contribution in [3.63, 3.8) is 0 Å². The molecule has 3 nitrogen and oxygen atoms in total. The van der Waals surface area contributed by atoms with Gasteiger partial charge in [-0.1, -0.05) is 20.8 Å². The second kappa shape index (κ2) is 3.05. The van der Waals surface area contributed by atoms with Gasteiger partial charge in [0, 0.05) is 6.04 Å². The Labute approximate surface area is 74.0 Å². The van der Waals surface area contributed by atoms with Gasteiger partial charge in [0.2, 0.25) is 0 Å². The molecule has 0 saturated carbocycles. The maximum absolute atomic E-state index is 10.8.